The molecule has 2 aliphatic rings. The lowest BCUT2D eigenvalue weighted by atomic mass is 10.0. The second-order valence-corrected chi connectivity index (χ2v) is 5.59. The molecule has 0 radical (unpaired) electrons. The number of ether oxygens (including phenoxy) is 1. The van der Waals surface area contributed by atoms with Gasteiger partial charge in [0.15, 0.2) is 0 Å². The van der Waals surface area contributed by atoms with Crippen molar-refractivity contribution >= 4 is 0 Å². The maximum Gasteiger partial charge on any atom is 0.0638 e. The molecule has 1 aliphatic carbocycles. The van der Waals surface area contributed by atoms with Gasteiger partial charge in [0.05, 0.1) is 11.7 Å². The van der Waals surface area contributed by atoms with Gasteiger partial charge >= 0.3 is 0 Å². The van der Waals surface area contributed by atoms with E-state index in [1.807, 2.05) is 0 Å². The Kier molecular flexibility index (Phi) is 2.16. The summed E-state index contributed by atoms with van der Waals surface area (Å²) in [5, 5.41) is 0. The molecule has 1 aliphatic heterocycles. The van der Waals surface area contributed by atoms with Crippen LogP contribution in [0.2, 0.25) is 0 Å². The van der Waals surface area contributed by atoms with Crippen LogP contribution >= 0.6 is 0 Å². The molecule has 0 amide bonds. The van der Waals surface area contributed by atoms with Crippen LogP contribution in [0.4, 0.5) is 0 Å². The number of fused-ring (bicyclic) bond motifs is 2. The maximum atomic E-state index is 6.05. The number of hydrogen-bond acceptors (Lipinski definition) is 2. The van der Waals surface area contributed by atoms with Gasteiger partial charge in [0.1, 0.15) is 0 Å². The lowest BCUT2D eigenvalue weighted by Gasteiger charge is -2.33. The Labute approximate surface area is 81.3 Å². The standard InChI is InChI=1S/C11H21NO/c1-11(2,3)13-10-6-9-5-8(10)7-12(9)4/h8-10H,5-7H2,1-4H3. The van der Waals surface area contributed by atoms with E-state index in [2.05, 4.69) is 32.7 Å². The van der Waals surface area contributed by atoms with Crippen LogP contribution in [-0.4, -0.2) is 36.2 Å². The van der Waals surface area contributed by atoms with Crippen molar-refractivity contribution in [2.45, 2.75) is 51.4 Å². The Morgan fingerprint density at radius 1 is 1.23 bits per heavy atom. The number of likely N-dealkylation sites (tertiary alicyclic amines) is 1. The molecule has 0 N–H and O–H groups in total. The first-order chi connectivity index (χ1) is 5.96. The largest absolute Gasteiger partial charge is 0.372 e. The highest BCUT2D eigenvalue weighted by Crippen LogP contribution is 2.39. The quantitative estimate of drug-likeness (QED) is 0.615. The summed E-state index contributed by atoms with van der Waals surface area (Å²) >= 11 is 0. The fourth-order valence-corrected chi connectivity index (χ4v) is 2.73. The molecular weight excluding hydrogens is 162 g/mol. The minimum atomic E-state index is 0.0354. The second kappa shape index (κ2) is 2.96. The van der Waals surface area contributed by atoms with Crippen molar-refractivity contribution in [3.8, 4) is 0 Å². The van der Waals surface area contributed by atoms with Gasteiger partial charge in [-0.3, -0.25) is 0 Å². The van der Waals surface area contributed by atoms with E-state index in [1.165, 1.54) is 19.4 Å². The van der Waals surface area contributed by atoms with Crippen molar-refractivity contribution in [3.63, 3.8) is 0 Å². The van der Waals surface area contributed by atoms with Gasteiger partial charge in [-0.05, 0) is 46.6 Å². The Balaban J connectivity index is 1.92. The Bertz CT molecular complexity index is 195. The van der Waals surface area contributed by atoms with Gasteiger partial charge in [-0.2, -0.15) is 0 Å². The molecule has 76 valence electrons. The first-order valence-electron chi connectivity index (χ1n) is 5.34. The second-order valence-electron chi connectivity index (χ2n) is 5.59. The molecule has 1 saturated carbocycles. The summed E-state index contributed by atoms with van der Waals surface area (Å²) in [6, 6.07) is 0.803. The van der Waals surface area contributed by atoms with Crippen molar-refractivity contribution in [1.82, 2.24) is 4.90 Å². The summed E-state index contributed by atoms with van der Waals surface area (Å²) in [6.07, 6.45) is 3.14. The lowest BCUT2D eigenvalue weighted by molar-refractivity contribution is -0.0867. The van der Waals surface area contributed by atoms with Crippen molar-refractivity contribution in [2.75, 3.05) is 13.6 Å². The monoisotopic (exact) mass is 183 g/mol. The summed E-state index contributed by atoms with van der Waals surface area (Å²) in [4.78, 5) is 2.48. The molecular formula is C11H21NO. The zero-order valence-electron chi connectivity index (χ0n) is 9.21. The molecule has 2 rings (SSSR count). The summed E-state index contributed by atoms with van der Waals surface area (Å²) in [5.74, 6) is 0.800. The summed E-state index contributed by atoms with van der Waals surface area (Å²) in [7, 11) is 2.23. The van der Waals surface area contributed by atoms with E-state index < -0.39 is 0 Å². The van der Waals surface area contributed by atoms with E-state index in [0.717, 1.165) is 12.0 Å². The van der Waals surface area contributed by atoms with Crippen LogP contribution in [0, 0.1) is 5.92 Å². The lowest BCUT2D eigenvalue weighted by Crippen LogP contribution is -2.39. The molecule has 1 saturated heterocycles. The van der Waals surface area contributed by atoms with Gasteiger partial charge in [-0.25, -0.2) is 0 Å². The first kappa shape index (κ1) is 9.47. The molecule has 2 bridgehead atoms. The maximum absolute atomic E-state index is 6.05. The van der Waals surface area contributed by atoms with E-state index in [4.69, 9.17) is 4.74 Å². The van der Waals surface area contributed by atoms with Crippen LogP contribution < -0.4 is 0 Å². The number of nitrogens with zero attached hydrogens (tertiary/aromatic N) is 1. The molecule has 0 aromatic carbocycles. The average molecular weight is 183 g/mol. The fraction of sp³-hybridized carbons (Fsp3) is 1.00. The van der Waals surface area contributed by atoms with Gasteiger partial charge in [0.25, 0.3) is 0 Å². The molecule has 3 unspecified atom stereocenters. The summed E-state index contributed by atoms with van der Waals surface area (Å²) in [6.45, 7) is 7.71. The average Bonchev–Trinajstić information content (AvgIpc) is 2.42. The molecule has 0 aromatic heterocycles. The molecule has 2 fully saturated rings. The van der Waals surface area contributed by atoms with Gasteiger partial charge in [-0.15, -0.1) is 0 Å². The van der Waals surface area contributed by atoms with Gasteiger partial charge in [0, 0.05) is 12.6 Å². The normalized spacial score (nSPS) is 40.2. The smallest absolute Gasteiger partial charge is 0.0638 e. The fourth-order valence-electron chi connectivity index (χ4n) is 2.73. The minimum Gasteiger partial charge on any atom is -0.372 e. The van der Waals surface area contributed by atoms with Crippen LogP contribution in [0.1, 0.15) is 33.6 Å². The zero-order chi connectivity index (χ0) is 9.64. The van der Waals surface area contributed by atoms with Gasteiger partial charge < -0.3 is 9.64 Å². The van der Waals surface area contributed by atoms with Crippen LogP contribution in [0.5, 0.6) is 0 Å². The van der Waals surface area contributed by atoms with Gasteiger partial charge in [-0.1, -0.05) is 0 Å². The molecule has 13 heavy (non-hydrogen) atoms. The van der Waals surface area contributed by atoms with E-state index in [-0.39, 0.29) is 5.60 Å². The van der Waals surface area contributed by atoms with E-state index in [9.17, 15) is 0 Å². The topological polar surface area (TPSA) is 12.5 Å². The van der Waals surface area contributed by atoms with Crippen LogP contribution in [0.3, 0.4) is 0 Å². The molecule has 0 aromatic rings. The molecule has 3 atom stereocenters. The van der Waals surface area contributed by atoms with E-state index in [0.29, 0.717) is 6.10 Å². The highest BCUT2D eigenvalue weighted by atomic mass is 16.5. The third kappa shape index (κ3) is 1.89. The summed E-state index contributed by atoms with van der Waals surface area (Å²) < 4.78 is 6.05. The zero-order valence-corrected chi connectivity index (χ0v) is 9.21. The third-order valence-electron chi connectivity index (χ3n) is 3.26. The minimum absolute atomic E-state index is 0.0354. The van der Waals surface area contributed by atoms with Gasteiger partial charge in [0.2, 0.25) is 0 Å². The predicted octanol–water partition coefficient (Wildman–Crippen LogP) is 1.89. The van der Waals surface area contributed by atoms with Crippen molar-refractivity contribution in [3.05, 3.63) is 0 Å². The van der Waals surface area contributed by atoms with Crippen LogP contribution in [-0.2, 0) is 4.74 Å². The highest BCUT2D eigenvalue weighted by molar-refractivity contribution is 4.97. The number of rotatable bonds is 1. The molecule has 1 heterocycles. The SMILES string of the molecule is CN1CC2CC1CC2OC(C)(C)C. The first-order valence-corrected chi connectivity index (χ1v) is 5.34. The Morgan fingerprint density at radius 3 is 2.31 bits per heavy atom. The highest BCUT2D eigenvalue weighted by Gasteiger charge is 2.44. The predicted molar refractivity (Wildman–Crippen MR) is 53.8 cm³/mol. The molecule has 2 nitrogen and oxygen atoms in total. The Morgan fingerprint density at radius 2 is 1.92 bits per heavy atom. The number of piperidine rings is 1. The Hall–Kier alpha value is -0.0800. The van der Waals surface area contributed by atoms with Crippen molar-refractivity contribution in [2.24, 2.45) is 5.92 Å². The van der Waals surface area contributed by atoms with Crippen LogP contribution in [0.15, 0.2) is 0 Å². The molecule has 0 spiro atoms. The third-order valence-corrected chi connectivity index (χ3v) is 3.26. The van der Waals surface area contributed by atoms with E-state index >= 15 is 0 Å². The van der Waals surface area contributed by atoms with Crippen LogP contribution in [0.25, 0.3) is 0 Å². The summed E-state index contributed by atoms with van der Waals surface area (Å²) in [5.41, 5.74) is 0.0354. The number of hydrogen-bond donors (Lipinski definition) is 0. The van der Waals surface area contributed by atoms with E-state index in [1.54, 1.807) is 0 Å². The van der Waals surface area contributed by atoms with Crippen molar-refractivity contribution < 1.29 is 4.74 Å². The molecule has 2 heteroatoms. The van der Waals surface area contributed by atoms with Crippen molar-refractivity contribution in [1.29, 1.82) is 0 Å².